The van der Waals surface area contributed by atoms with Gasteiger partial charge in [0.15, 0.2) is 0 Å². The third-order valence-corrected chi connectivity index (χ3v) is 4.77. The van der Waals surface area contributed by atoms with Crippen molar-refractivity contribution in [1.82, 2.24) is 9.80 Å². The van der Waals surface area contributed by atoms with E-state index < -0.39 is 5.97 Å². The zero-order chi connectivity index (χ0) is 19.3. The Morgan fingerprint density at radius 1 is 1.27 bits per heavy atom. The minimum atomic E-state index is -0.809. The topological polar surface area (TPSA) is 87.2 Å². The molecule has 1 saturated heterocycles. The van der Waals surface area contributed by atoms with Crippen LogP contribution in [0.4, 0.5) is 0 Å². The van der Waals surface area contributed by atoms with Gasteiger partial charge in [-0.1, -0.05) is 17.7 Å². The molecule has 142 valence electrons. The van der Waals surface area contributed by atoms with Gasteiger partial charge < -0.3 is 19.6 Å². The summed E-state index contributed by atoms with van der Waals surface area (Å²) in [4.78, 5) is 38.9. The summed E-state index contributed by atoms with van der Waals surface area (Å²) in [5.74, 6) is -0.855. The Kier molecular flexibility index (Phi) is 6.60. The molecule has 1 N–H and O–H groups in total. The van der Waals surface area contributed by atoms with Gasteiger partial charge in [0.2, 0.25) is 11.8 Å². The quantitative estimate of drug-likeness (QED) is 0.825. The molecule has 7 nitrogen and oxygen atoms in total. The van der Waals surface area contributed by atoms with Crippen LogP contribution in [-0.4, -0.2) is 66.5 Å². The van der Waals surface area contributed by atoms with E-state index >= 15 is 0 Å². The third kappa shape index (κ3) is 4.97. The molecule has 0 unspecified atom stereocenters. The lowest BCUT2D eigenvalue weighted by atomic mass is 9.97. The van der Waals surface area contributed by atoms with Crippen molar-refractivity contribution in [3.05, 3.63) is 29.3 Å². The standard InChI is InChI=1S/C19H26N2O5/c1-13-4-5-16(26-3)15(10-13)11-17(22)20(2)12-18(23)21-8-6-14(7-9-21)19(24)25/h4-5,10,14H,6-9,11-12H2,1-3H3,(H,24,25). The number of carbonyl (C=O) groups excluding carboxylic acids is 2. The number of hydrogen-bond donors (Lipinski definition) is 1. The summed E-state index contributed by atoms with van der Waals surface area (Å²) >= 11 is 0. The van der Waals surface area contributed by atoms with Gasteiger partial charge >= 0.3 is 5.97 Å². The van der Waals surface area contributed by atoms with Crippen LogP contribution in [0, 0.1) is 12.8 Å². The van der Waals surface area contributed by atoms with Crippen LogP contribution in [0.15, 0.2) is 18.2 Å². The normalized spacial score (nSPS) is 14.8. The Labute approximate surface area is 153 Å². The molecule has 0 spiro atoms. The molecule has 2 rings (SSSR count). The van der Waals surface area contributed by atoms with Crippen LogP contribution in [0.2, 0.25) is 0 Å². The molecule has 0 radical (unpaired) electrons. The zero-order valence-corrected chi connectivity index (χ0v) is 15.5. The molecule has 0 aliphatic carbocycles. The number of aryl methyl sites for hydroxylation is 1. The van der Waals surface area contributed by atoms with Gasteiger partial charge in [-0.05, 0) is 25.8 Å². The maximum atomic E-state index is 12.5. The minimum Gasteiger partial charge on any atom is -0.496 e. The van der Waals surface area contributed by atoms with E-state index in [1.165, 1.54) is 4.90 Å². The Balaban J connectivity index is 1.90. The van der Waals surface area contributed by atoms with Crippen molar-refractivity contribution < 1.29 is 24.2 Å². The number of carboxylic acid groups (broad SMARTS) is 1. The number of piperidine rings is 1. The van der Waals surface area contributed by atoms with Crippen molar-refractivity contribution in [2.75, 3.05) is 33.8 Å². The van der Waals surface area contributed by atoms with Crippen LogP contribution in [-0.2, 0) is 20.8 Å². The van der Waals surface area contributed by atoms with Crippen molar-refractivity contribution in [1.29, 1.82) is 0 Å². The third-order valence-electron chi connectivity index (χ3n) is 4.77. The van der Waals surface area contributed by atoms with Gasteiger partial charge in [0, 0.05) is 25.7 Å². The SMILES string of the molecule is COc1ccc(C)cc1CC(=O)N(C)CC(=O)N1CCC(C(=O)O)CC1. The summed E-state index contributed by atoms with van der Waals surface area (Å²) in [6, 6.07) is 5.65. The number of likely N-dealkylation sites (tertiary alicyclic amines) is 1. The average Bonchev–Trinajstić information content (AvgIpc) is 2.61. The molecular formula is C19H26N2O5. The number of nitrogens with zero attached hydrogens (tertiary/aromatic N) is 2. The summed E-state index contributed by atoms with van der Waals surface area (Å²) in [7, 11) is 3.17. The molecule has 0 atom stereocenters. The van der Waals surface area contributed by atoms with E-state index in [2.05, 4.69) is 0 Å². The Bertz CT molecular complexity index is 681. The van der Waals surface area contributed by atoms with E-state index in [9.17, 15) is 14.4 Å². The molecule has 0 aromatic heterocycles. The Hall–Kier alpha value is -2.57. The van der Waals surface area contributed by atoms with E-state index in [1.54, 1.807) is 19.1 Å². The van der Waals surface area contributed by atoms with E-state index in [1.807, 2.05) is 25.1 Å². The fraction of sp³-hybridized carbons (Fsp3) is 0.526. The molecule has 0 saturated carbocycles. The molecule has 1 aromatic rings. The first-order valence-electron chi connectivity index (χ1n) is 8.70. The molecule has 0 bridgehead atoms. The van der Waals surface area contributed by atoms with Crippen molar-refractivity contribution in [3.63, 3.8) is 0 Å². The number of amides is 2. The van der Waals surface area contributed by atoms with Crippen LogP contribution >= 0.6 is 0 Å². The highest BCUT2D eigenvalue weighted by molar-refractivity contribution is 5.86. The highest BCUT2D eigenvalue weighted by Crippen LogP contribution is 2.21. The van der Waals surface area contributed by atoms with Crippen molar-refractivity contribution in [2.24, 2.45) is 5.92 Å². The fourth-order valence-electron chi connectivity index (χ4n) is 3.11. The van der Waals surface area contributed by atoms with Crippen LogP contribution in [0.1, 0.15) is 24.0 Å². The van der Waals surface area contributed by atoms with Gasteiger partial charge in [0.05, 0.1) is 26.0 Å². The number of aliphatic carboxylic acids is 1. The average molecular weight is 362 g/mol. The van der Waals surface area contributed by atoms with Gasteiger partial charge in [-0.2, -0.15) is 0 Å². The molecule has 1 aromatic carbocycles. The number of likely N-dealkylation sites (N-methyl/N-ethyl adjacent to an activating group) is 1. The van der Waals surface area contributed by atoms with Crippen LogP contribution in [0.5, 0.6) is 5.75 Å². The van der Waals surface area contributed by atoms with Gasteiger partial charge in [-0.15, -0.1) is 0 Å². The molecule has 1 aliphatic heterocycles. The highest BCUT2D eigenvalue weighted by Gasteiger charge is 2.28. The lowest BCUT2D eigenvalue weighted by Crippen LogP contribution is -2.45. The van der Waals surface area contributed by atoms with Crippen molar-refractivity contribution in [2.45, 2.75) is 26.2 Å². The first-order chi connectivity index (χ1) is 12.3. The Morgan fingerprint density at radius 2 is 1.92 bits per heavy atom. The lowest BCUT2D eigenvalue weighted by Gasteiger charge is -2.31. The number of rotatable bonds is 6. The smallest absolute Gasteiger partial charge is 0.306 e. The minimum absolute atomic E-state index is 0.00922. The number of methoxy groups -OCH3 is 1. The number of carbonyl (C=O) groups is 3. The van der Waals surface area contributed by atoms with Crippen molar-refractivity contribution in [3.8, 4) is 5.75 Å². The number of carboxylic acids is 1. The van der Waals surface area contributed by atoms with Gasteiger partial charge in [0.25, 0.3) is 0 Å². The molecule has 7 heteroatoms. The molecular weight excluding hydrogens is 336 g/mol. The van der Waals surface area contributed by atoms with Gasteiger partial charge in [0.1, 0.15) is 5.75 Å². The van der Waals surface area contributed by atoms with E-state index in [0.717, 1.165) is 11.1 Å². The van der Waals surface area contributed by atoms with Crippen LogP contribution < -0.4 is 4.74 Å². The number of hydrogen-bond acceptors (Lipinski definition) is 4. The molecule has 1 fully saturated rings. The van der Waals surface area contributed by atoms with Crippen molar-refractivity contribution >= 4 is 17.8 Å². The van der Waals surface area contributed by atoms with E-state index in [4.69, 9.17) is 9.84 Å². The first kappa shape index (κ1) is 19.8. The fourth-order valence-corrected chi connectivity index (χ4v) is 3.11. The molecule has 1 heterocycles. The number of benzene rings is 1. The second kappa shape index (κ2) is 8.69. The summed E-state index contributed by atoms with van der Waals surface area (Å²) in [5, 5.41) is 9.02. The zero-order valence-electron chi connectivity index (χ0n) is 15.5. The summed E-state index contributed by atoms with van der Waals surface area (Å²) in [6.07, 6.45) is 1.08. The maximum absolute atomic E-state index is 12.5. The van der Waals surface area contributed by atoms with Gasteiger partial charge in [-0.3, -0.25) is 14.4 Å². The largest absolute Gasteiger partial charge is 0.496 e. The summed E-state index contributed by atoms with van der Waals surface area (Å²) in [5.41, 5.74) is 1.83. The summed E-state index contributed by atoms with van der Waals surface area (Å²) in [6.45, 7) is 2.78. The molecule has 2 amide bonds. The first-order valence-corrected chi connectivity index (χ1v) is 8.70. The van der Waals surface area contributed by atoms with E-state index in [0.29, 0.717) is 31.7 Å². The predicted molar refractivity (Wildman–Crippen MR) is 96.0 cm³/mol. The second-order valence-electron chi connectivity index (χ2n) is 6.74. The lowest BCUT2D eigenvalue weighted by molar-refractivity contribution is -0.146. The van der Waals surface area contributed by atoms with E-state index in [-0.39, 0.29) is 30.7 Å². The predicted octanol–water partition coefficient (Wildman–Crippen LogP) is 1.33. The Morgan fingerprint density at radius 3 is 2.50 bits per heavy atom. The van der Waals surface area contributed by atoms with Gasteiger partial charge in [-0.25, -0.2) is 0 Å². The van der Waals surface area contributed by atoms with Crippen LogP contribution in [0.25, 0.3) is 0 Å². The number of ether oxygens (including phenoxy) is 1. The highest BCUT2D eigenvalue weighted by atomic mass is 16.5. The maximum Gasteiger partial charge on any atom is 0.306 e. The summed E-state index contributed by atoms with van der Waals surface area (Å²) < 4.78 is 5.29. The molecule has 1 aliphatic rings. The monoisotopic (exact) mass is 362 g/mol. The molecule has 26 heavy (non-hydrogen) atoms. The second-order valence-corrected chi connectivity index (χ2v) is 6.74. The van der Waals surface area contributed by atoms with Crippen LogP contribution in [0.3, 0.4) is 0 Å².